The minimum atomic E-state index is -0.904. The van der Waals surface area contributed by atoms with Gasteiger partial charge in [0.2, 0.25) is 0 Å². The number of rotatable bonds is 5. The quantitative estimate of drug-likeness (QED) is 0.787. The highest BCUT2D eigenvalue weighted by Crippen LogP contribution is 2.20. The number of hydrogen-bond donors (Lipinski definition) is 3. The lowest BCUT2D eigenvalue weighted by molar-refractivity contribution is -0.138. The van der Waals surface area contributed by atoms with E-state index < -0.39 is 11.9 Å². The molecule has 21 heavy (non-hydrogen) atoms. The molecule has 1 aromatic heterocycles. The maximum atomic E-state index is 12.0. The first-order chi connectivity index (χ1) is 10.0. The number of nitrogens with one attached hydrogen (secondary N) is 2. The fourth-order valence-corrected chi connectivity index (χ4v) is 1.88. The fraction of sp³-hybridized carbons (Fsp3) is 0.267. The van der Waals surface area contributed by atoms with Crippen LogP contribution >= 0.6 is 0 Å². The summed E-state index contributed by atoms with van der Waals surface area (Å²) >= 11 is 0. The molecular formula is C15H17N3O3. The maximum Gasteiger partial charge on any atom is 0.310 e. The zero-order chi connectivity index (χ0) is 15.4. The van der Waals surface area contributed by atoms with Crippen LogP contribution in [0, 0.1) is 0 Å². The molecule has 2 aromatic rings. The molecule has 1 amide bonds. The number of hydrogen-bond acceptors (Lipinski definition) is 3. The van der Waals surface area contributed by atoms with Gasteiger partial charge >= 0.3 is 5.97 Å². The molecule has 0 aliphatic rings. The number of H-pyrrole nitrogens is 1. The Labute approximate surface area is 122 Å². The number of carbonyl (C=O) groups is 2. The van der Waals surface area contributed by atoms with Crippen molar-refractivity contribution >= 4 is 17.6 Å². The van der Waals surface area contributed by atoms with E-state index in [0.717, 1.165) is 12.1 Å². The van der Waals surface area contributed by atoms with Crippen molar-refractivity contribution in [3.8, 4) is 0 Å². The highest BCUT2D eigenvalue weighted by atomic mass is 16.4. The maximum absolute atomic E-state index is 12.0. The number of aromatic amines is 1. The van der Waals surface area contributed by atoms with Crippen LogP contribution in [0.25, 0.3) is 0 Å². The van der Waals surface area contributed by atoms with E-state index in [2.05, 4.69) is 15.5 Å². The Kier molecular flexibility index (Phi) is 4.37. The number of aryl methyl sites for hydroxylation is 1. The minimum Gasteiger partial charge on any atom is -0.481 e. The molecule has 0 aliphatic carbocycles. The van der Waals surface area contributed by atoms with E-state index in [1.807, 2.05) is 6.92 Å². The standard InChI is InChI=1S/C15H17N3O3/c1-3-11-8-13(18-17-11)14(19)16-12-6-4-5-10(7-12)9(2)15(20)21/h4-9H,3H2,1-2H3,(H,16,19)(H,17,18)(H,20,21). The van der Waals surface area contributed by atoms with Crippen LogP contribution in [-0.2, 0) is 11.2 Å². The van der Waals surface area contributed by atoms with Gasteiger partial charge < -0.3 is 10.4 Å². The van der Waals surface area contributed by atoms with Gasteiger partial charge in [0, 0.05) is 11.4 Å². The molecule has 1 atom stereocenters. The largest absolute Gasteiger partial charge is 0.481 e. The number of carboxylic acid groups (broad SMARTS) is 1. The van der Waals surface area contributed by atoms with Crippen molar-refractivity contribution in [2.45, 2.75) is 26.2 Å². The van der Waals surface area contributed by atoms with Gasteiger partial charge in [0.25, 0.3) is 5.91 Å². The molecule has 0 bridgehead atoms. The topological polar surface area (TPSA) is 95.1 Å². The monoisotopic (exact) mass is 287 g/mol. The second-order valence-electron chi connectivity index (χ2n) is 4.77. The summed E-state index contributed by atoms with van der Waals surface area (Å²) in [6, 6.07) is 8.50. The van der Waals surface area contributed by atoms with Crippen LogP contribution < -0.4 is 5.32 Å². The van der Waals surface area contributed by atoms with Gasteiger partial charge in [0.15, 0.2) is 5.69 Å². The third kappa shape index (κ3) is 3.47. The number of carbonyl (C=O) groups excluding carboxylic acids is 1. The summed E-state index contributed by atoms with van der Waals surface area (Å²) in [5, 5.41) is 18.4. The SMILES string of the molecule is CCc1cc(C(=O)Nc2cccc(C(C)C(=O)O)c2)n[nH]1. The van der Waals surface area contributed by atoms with Gasteiger partial charge in [-0.3, -0.25) is 14.7 Å². The van der Waals surface area contributed by atoms with Crippen LogP contribution in [0.3, 0.4) is 0 Å². The van der Waals surface area contributed by atoms with Crippen molar-refractivity contribution in [1.29, 1.82) is 0 Å². The molecule has 1 heterocycles. The van der Waals surface area contributed by atoms with E-state index >= 15 is 0 Å². The average molecular weight is 287 g/mol. The van der Waals surface area contributed by atoms with Crippen LogP contribution in [0.1, 0.15) is 41.5 Å². The lowest BCUT2D eigenvalue weighted by atomic mass is 10.0. The van der Waals surface area contributed by atoms with Crippen molar-refractivity contribution in [3.05, 3.63) is 47.3 Å². The van der Waals surface area contributed by atoms with Gasteiger partial charge in [0.05, 0.1) is 5.92 Å². The Morgan fingerprint density at radius 3 is 2.76 bits per heavy atom. The molecule has 1 aromatic carbocycles. The van der Waals surface area contributed by atoms with Crippen LogP contribution in [0.15, 0.2) is 30.3 Å². The molecular weight excluding hydrogens is 270 g/mol. The molecule has 3 N–H and O–H groups in total. The third-order valence-corrected chi connectivity index (χ3v) is 3.26. The van der Waals surface area contributed by atoms with Crippen molar-refractivity contribution in [1.82, 2.24) is 10.2 Å². The molecule has 0 radical (unpaired) electrons. The molecule has 0 saturated carbocycles. The lowest BCUT2D eigenvalue weighted by Gasteiger charge is -2.09. The Balaban J connectivity index is 2.14. The van der Waals surface area contributed by atoms with Crippen molar-refractivity contribution in [3.63, 3.8) is 0 Å². The number of amides is 1. The fourth-order valence-electron chi connectivity index (χ4n) is 1.88. The zero-order valence-electron chi connectivity index (χ0n) is 11.9. The van der Waals surface area contributed by atoms with E-state index in [9.17, 15) is 9.59 Å². The van der Waals surface area contributed by atoms with E-state index in [-0.39, 0.29) is 5.91 Å². The zero-order valence-corrected chi connectivity index (χ0v) is 11.9. The van der Waals surface area contributed by atoms with E-state index in [4.69, 9.17) is 5.11 Å². The normalized spacial score (nSPS) is 11.9. The van der Waals surface area contributed by atoms with Gasteiger partial charge in [-0.2, -0.15) is 5.10 Å². The Bertz CT molecular complexity index is 664. The summed E-state index contributed by atoms with van der Waals surface area (Å²) in [7, 11) is 0. The predicted molar refractivity (Wildman–Crippen MR) is 78.4 cm³/mol. The van der Waals surface area contributed by atoms with Gasteiger partial charge in [-0.15, -0.1) is 0 Å². The molecule has 1 unspecified atom stereocenters. The smallest absolute Gasteiger partial charge is 0.310 e. The molecule has 2 rings (SSSR count). The first-order valence-corrected chi connectivity index (χ1v) is 6.69. The van der Waals surface area contributed by atoms with Crippen molar-refractivity contribution < 1.29 is 14.7 Å². The predicted octanol–water partition coefficient (Wildman–Crippen LogP) is 2.41. The van der Waals surface area contributed by atoms with Gasteiger partial charge in [-0.1, -0.05) is 19.1 Å². The summed E-state index contributed by atoms with van der Waals surface area (Å²) in [5.41, 5.74) is 2.38. The number of carboxylic acids is 1. The van der Waals surface area contributed by atoms with Gasteiger partial charge in [0.1, 0.15) is 0 Å². The summed E-state index contributed by atoms with van der Waals surface area (Å²) in [6.45, 7) is 3.57. The number of anilines is 1. The Morgan fingerprint density at radius 1 is 1.38 bits per heavy atom. The third-order valence-electron chi connectivity index (χ3n) is 3.26. The molecule has 6 nitrogen and oxygen atoms in total. The minimum absolute atomic E-state index is 0.309. The van der Waals surface area contributed by atoms with Crippen LogP contribution in [-0.4, -0.2) is 27.2 Å². The summed E-state index contributed by atoms with van der Waals surface area (Å²) in [4.78, 5) is 23.0. The lowest BCUT2D eigenvalue weighted by Crippen LogP contribution is -2.13. The van der Waals surface area contributed by atoms with Crippen LogP contribution in [0.2, 0.25) is 0 Å². The number of aliphatic carboxylic acids is 1. The van der Waals surface area contributed by atoms with Gasteiger partial charge in [-0.05, 0) is 37.1 Å². The molecule has 0 spiro atoms. The molecule has 0 saturated heterocycles. The van der Waals surface area contributed by atoms with Gasteiger partial charge in [-0.25, -0.2) is 0 Å². The highest BCUT2D eigenvalue weighted by Gasteiger charge is 2.15. The molecule has 110 valence electrons. The van der Waals surface area contributed by atoms with Crippen molar-refractivity contribution in [2.75, 3.05) is 5.32 Å². The van der Waals surface area contributed by atoms with Crippen LogP contribution in [0.5, 0.6) is 0 Å². The molecule has 0 fully saturated rings. The number of benzene rings is 1. The summed E-state index contributed by atoms with van der Waals surface area (Å²) in [6.07, 6.45) is 0.770. The van der Waals surface area contributed by atoms with E-state index in [1.54, 1.807) is 37.3 Å². The first-order valence-electron chi connectivity index (χ1n) is 6.69. The second kappa shape index (κ2) is 6.21. The number of aromatic nitrogens is 2. The van der Waals surface area contributed by atoms with E-state index in [1.165, 1.54) is 0 Å². The summed E-state index contributed by atoms with van der Waals surface area (Å²) in [5.74, 6) is -1.86. The number of nitrogens with zero attached hydrogens (tertiary/aromatic N) is 1. The highest BCUT2D eigenvalue weighted by molar-refractivity contribution is 6.03. The summed E-state index contributed by atoms with van der Waals surface area (Å²) < 4.78 is 0. The second-order valence-corrected chi connectivity index (χ2v) is 4.77. The average Bonchev–Trinajstić information content (AvgIpc) is 2.95. The van der Waals surface area contributed by atoms with E-state index in [0.29, 0.717) is 16.9 Å². The molecule has 0 aliphatic heterocycles. The van der Waals surface area contributed by atoms with Crippen LogP contribution in [0.4, 0.5) is 5.69 Å². The Morgan fingerprint density at radius 2 is 2.14 bits per heavy atom. The Hall–Kier alpha value is -2.63. The first kappa shape index (κ1) is 14.8. The van der Waals surface area contributed by atoms with Crippen molar-refractivity contribution in [2.24, 2.45) is 0 Å². The molecule has 6 heteroatoms.